The van der Waals surface area contributed by atoms with Gasteiger partial charge in [0.2, 0.25) is 0 Å². The van der Waals surface area contributed by atoms with Crippen LogP contribution in [0.25, 0.3) is 33.5 Å². The summed E-state index contributed by atoms with van der Waals surface area (Å²) in [6.45, 7) is 0. The van der Waals surface area contributed by atoms with Gasteiger partial charge in [-0.3, -0.25) is 4.79 Å². The number of carbonyl (C=O) groups excluding carboxylic acids is 1. The van der Waals surface area contributed by atoms with Gasteiger partial charge < -0.3 is 4.57 Å². The van der Waals surface area contributed by atoms with E-state index in [0.29, 0.717) is 12.2 Å². The molecule has 5 rings (SSSR count). The zero-order valence-corrected chi connectivity index (χ0v) is 16.3. The zero-order valence-electron chi connectivity index (χ0n) is 16.3. The molecule has 2 nitrogen and oxygen atoms in total. The minimum atomic E-state index is -0.0786. The van der Waals surface area contributed by atoms with Crippen molar-refractivity contribution in [3.8, 4) is 33.5 Å². The Labute approximate surface area is 171 Å². The van der Waals surface area contributed by atoms with E-state index in [0.717, 1.165) is 24.1 Å². The van der Waals surface area contributed by atoms with Crippen molar-refractivity contribution in [2.45, 2.75) is 25.3 Å². The number of nitrogens with zero attached hydrogens (tertiary/aromatic N) is 1. The lowest BCUT2D eigenvalue weighted by Crippen LogP contribution is -2.13. The first kappa shape index (κ1) is 17.7. The maximum Gasteiger partial charge on any atom is 0.155 e. The van der Waals surface area contributed by atoms with Crippen molar-refractivity contribution in [2.75, 3.05) is 0 Å². The molecule has 0 spiro atoms. The Kier molecular flexibility index (Phi) is 4.61. The summed E-state index contributed by atoms with van der Waals surface area (Å²) in [5.41, 5.74) is 7.00. The molecule has 142 valence electrons. The highest BCUT2D eigenvalue weighted by molar-refractivity contribution is 5.95. The van der Waals surface area contributed by atoms with Crippen LogP contribution in [0, 0.1) is 0 Å². The Morgan fingerprint density at radius 2 is 1.24 bits per heavy atom. The normalized spacial score (nSPS) is 16.3. The number of hydrogen-bond acceptors (Lipinski definition) is 1. The lowest BCUT2D eigenvalue weighted by atomic mass is 9.94. The molecule has 0 radical (unpaired) electrons. The van der Waals surface area contributed by atoms with Crippen LogP contribution < -0.4 is 0 Å². The minimum absolute atomic E-state index is 0.0786. The van der Waals surface area contributed by atoms with Crippen LogP contribution in [0.15, 0.2) is 97.2 Å². The molecule has 29 heavy (non-hydrogen) atoms. The Balaban J connectivity index is 1.85. The van der Waals surface area contributed by atoms with Crippen molar-refractivity contribution in [3.63, 3.8) is 0 Å². The maximum atomic E-state index is 12.7. The summed E-state index contributed by atoms with van der Waals surface area (Å²) in [7, 11) is 0. The SMILES string of the molecule is O=C1CCCC1n1cc(-c2ccccc2)c(-c2ccccc2)c1-c1ccccc1. The number of hydrogen-bond donors (Lipinski definition) is 0. The highest BCUT2D eigenvalue weighted by Gasteiger charge is 2.30. The minimum Gasteiger partial charge on any atom is -0.336 e. The van der Waals surface area contributed by atoms with Crippen LogP contribution in [-0.4, -0.2) is 10.4 Å². The lowest BCUT2D eigenvalue weighted by molar-refractivity contribution is -0.120. The van der Waals surface area contributed by atoms with Gasteiger partial charge in [-0.15, -0.1) is 0 Å². The zero-order chi connectivity index (χ0) is 19.6. The Hall–Kier alpha value is -3.39. The highest BCUT2D eigenvalue weighted by Crippen LogP contribution is 2.44. The third kappa shape index (κ3) is 3.21. The first-order valence-corrected chi connectivity index (χ1v) is 10.3. The molecule has 1 atom stereocenters. The highest BCUT2D eigenvalue weighted by atomic mass is 16.1. The standard InChI is InChI=1S/C27H23NO/c29-25-18-10-17-24(25)28-19-23(20-11-4-1-5-12-20)26(21-13-6-2-7-14-21)27(28)22-15-8-3-9-16-22/h1-9,11-16,19,24H,10,17-18H2. The van der Waals surface area contributed by atoms with E-state index < -0.39 is 0 Å². The van der Waals surface area contributed by atoms with Crippen LogP contribution in [-0.2, 0) is 4.79 Å². The fourth-order valence-electron chi connectivity index (χ4n) is 4.49. The molecule has 2 heteroatoms. The van der Waals surface area contributed by atoms with Crippen LogP contribution in [0.3, 0.4) is 0 Å². The molecule has 1 aliphatic rings. The molecular formula is C27H23NO. The van der Waals surface area contributed by atoms with Crippen molar-refractivity contribution in [1.29, 1.82) is 0 Å². The van der Waals surface area contributed by atoms with E-state index >= 15 is 0 Å². The number of benzene rings is 3. The lowest BCUT2D eigenvalue weighted by Gasteiger charge is -2.17. The summed E-state index contributed by atoms with van der Waals surface area (Å²) in [6, 6.07) is 31.4. The van der Waals surface area contributed by atoms with Gasteiger partial charge in [0.05, 0.1) is 11.7 Å². The van der Waals surface area contributed by atoms with E-state index in [1.54, 1.807) is 0 Å². The summed E-state index contributed by atoms with van der Waals surface area (Å²) in [5, 5.41) is 0. The van der Waals surface area contributed by atoms with Gasteiger partial charge >= 0.3 is 0 Å². The van der Waals surface area contributed by atoms with Gasteiger partial charge in [0.25, 0.3) is 0 Å². The predicted octanol–water partition coefficient (Wildman–Crippen LogP) is 6.78. The fraction of sp³-hybridized carbons (Fsp3) is 0.148. The van der Waals surface area contributed by atoms with Crippen LogP contribution in [0.2, 0.25) is 0 Å². The topological polar surface area (TPSA) is 22.0 Å². The van der Waals surface area contributed by atoms with Gasteiger partial charge in [-0.25, -0.2) is 0 Å². The molecule has 0 bridgehead atoms. The second-order valence-corrected chi connectivity index (χ2v) is 7.65. The van der Waals surface area contributed by atoms with Crippen molar-refractivity contribution >= 4 is 5.78 Å². The van der Waals surface area contributed by atoms with Crippen LogP contribution in [0.1, 0.15) is 25.3 Å². The van der Waals surface area contributed by atoms with Gasteiger partial charge in [-0.1, -0.05) is 91.0 Å². The van der Waals surface area contributed by atoms with E-state index in [9.17, 15) is 4.79 Å². The average Bonchev–Trinajstić information content (AvgIpc) is 3.39. The second-order valence-electron chi connectivity index (χ2n) is 7.65. The van der Waals surface area contributed by atoms with Crippen molar-refractivity contribution in [3.05, 3.63) is 97.2 Å². The summed E-state index contributed by atoms with van der Waals surface area (Å²) in [6.07, 6.45) is 4.76. The summed E-state index contributed by atoms with van der Waals surface area (Å²) < 4.78 is 2.25. The predicted molar refractivity (Wildman–Crippen MR) is 119 cm³/mol. The van der Waals surface area contributed by atoms with Crippen molar-refractivity contribution in [1.82, 2.24) is 4.57 Å². The number of carbonyl (C=O) groups is 1. The quantitative estimate of drug-likeness (QED) is 0.384. The maximum absolute atomic E-state index is 12.7. The first-order valence-electron chi connectivity index (χ1n) is 10.3. The smallest absolute Gasteiger partial charge is 0.155 e. The Bertz CT molecular complexity index is 1130. The molecule has 0 amide bonds. The van der Waals surface area contributed by atoms with Crippen molar-refractivity contribution in [2.24, 2.45) is 0 Å². The molecule has 1 saturated carbocycles. The van der Waals surface area contributed by atoms with Crippen molar-refractivity contribution < 1.29 is 4.79 Å². The van der Waals surface area contributed by atoms with Crippen LogP contribution in [0.5, 0.6) is 0 Å². The molecule has 1 heterocycles. The summed E-state index contributed by atoms with van der Waals surface area (Å²) >= 11 is 0. The van der Waals surface area contributed by atoms with E-state index in [-0.39, 0.29) is 6.04 Å². The molecule has 1 unspecified atom stereocenters. The second kappa shape index (κ2) is 7.56. The Morgan fingerprint density at radius 3 is 1.79 bits per heavy atom. The van der Waals surface area contributed by atoms with Gasteiger partial charge in [0, 0.05) is 23.7 Å². The third-order valence-electron chi connectivity index (χ3n) is 5.84. The van der Waals surface area contributed by atoms with E-state index in [1.165, 1.54) is 22.3 Å². The number of Topliss-reactive ketones (excluding diaryl/α,β-unsaturated/α-hetero) is 1. The average molecular weight is 377 g/mol. The molecule has 1 aliphatic carbocycles. The largest absolute Gasteiger partial charge is 0.336 e. The van der Waals surface area contributed by atoms with E-state index in [2.05, 4.69) is 83.6 Å². The molecule has 1 fully saturated rings. The number of ketones is 1. The summed E-state index contributed by atoms with van der Waals surface area (Å²) in [4.78, 5) is 12.7. The van der Waals surface area contributed by atoms with Gasteiger partial charge in [0.15, 0.2) is 5.78 Å². The molecule has 3 aromatic carbocycles. The first-order chi connectivity index (χ1) is 14.3. The molecule has 0 N–H and O–H groups in total. The van der Waals surface area contributed by atoms with Crippen LogP contribution in [0.4, 0.5) is 0 Å². The van der Waals surface area contributed by atoms with E-state index in [1.807, 2.05) is 18.2 Å². The summed E-state index contributed by atoms with van der Waals surface area (Å²) in [5.74, 6) is 0.344. The molecule has 0 aliphatic heterocycles. The Morgan fingerprint density at radius 1 is 0.690 bits per heavy atom. The van der Waals surface area contributed by atoms with Gasteiger partial charge in [-0.05, 0) is 29.5 Å². The monoisotopic (exact) mass is 377 g/mol. The molecule has 1 aromatic heterocycles. The number of rotatable bonds is 4. The molecular weight excluding hydrogens is 354 g/mol. The number of aromatic nitrogens is 1. The van der Waals surface area contributed by atoms with Gasteiger partial charge in [-0.2, -0.15) is 0 Å². The van der Waals surface area contributed by atoms with E-state index in [4.69, 9.17) is 0 Å². The fourth-order valence-corrected chi connectivity index (χ4v) is 4.49. The molecule has 0 saturated heterocycles. The molecule has 4 aromatic rings. The van der Waals surface area contributed by atoms with Gasteiger partial charge in [0.1, 0.15) is 0 Å². The van der Waals surface area contributed by atoms with Crippen LogP contribution >= 0.6 is 0 Å². The third-order valence-corrected chi connectivity index (χ3v) is 5.84.